The van der Waals surface area contributed by atoms with Gasteiger partial charge in [-0.3, -0.25) is 4.79 Å². The number of nitrogen functional groups attached to an aromatic ring is 1. The zero-order valence-corrected chi connectivity index (χ0v) is 13.3. The number of carbonyl (C=O) groups is 1. The molecule has 7 nitrogen and oxygen atoms in total. The highest BCUT2D eigenvalue weighted by atomic mass is 32.1. The maximum atomic E-state index is 12.1. The van der Waals surface area contributed by atoms with Crippen molar-refractivity contribution in [1.82, 2.24) is 25.1 Å². The van der Waals surface area contributed by atoms with Crippen molar-refractivity contribution in [3.05, 3.63) is 22.7 Å². The molecule has 0 aromatic carbocycles. The van der Waals surface area contributed by atoms with E-state index in [-0.39, 0.29) is 18.4 Å². The molecule has 2 rings (SSSR count). The van der Waals surface area contributed by atoms with Crippen LogP contribution in [-0.2, 0) is 17.8 Å². The Morgan fingerprint density at radius 2 is 2.33 bits per heavy atom. The molecule has 0 unspecified atom stereocenters. The highest BCUT2D eigenvalue weighted by molar-refractivity contribution is 7.15. The number of nitrogens with one attached hydrogen (secondary N) is 1. The molecule has 0 saturated heterocycles. The number of carbonyl (C=O) groups excluding carboxylic acids is 1. The smallest absolute Gasteiger partial charge is 0.225 e. The Balaban J connectivity index is 1.98. The van der Waals surface area contributed by atoms with E-state index in [0.29, 0.717) is 5.13 Å². The molecular formula is C13H20N6OS. The van der Waals surface area contributed by atoms with Crippen molar-refractivity contribution < 1.29 is 4.79 Å². The molecule has 0 aliphatic carbocycles. The number of aryl methyl sites for hydroxylation is 2. The normalized spacial score (nSPS) is 12.3. The molecule has 8 heteroatoms. The molecule has 3 N–H and O–H groups in total. The van der Waals surface area contributed by atoms with Crippen LogP contribution in [0.1, 0.15) is 42.7 Å². The summed E-state index contributed by atoms with van der Waals surface area (Å²) in [7, 11) is 0. The van der Waals surface area contributed by atoms with Gasteiger partial charge in [0.15, 0.2) is 11.0 Å². The minimum atomic E-state index is -0.183. The van der Waals surface area contributed by atoms with Crippen molar-refractivity contribution in [2.75, 3.05) is 5.73 Å². The summed E-state index contributed by atoms with van der Waals surface area (Å²) in [5.41, 5.74) is 6.46. The van der Waals surface area contributed by atoms with Crippen LogP contribution in [0.25, 0.3) is 0 Å². The molecule has 0 saturated carbocycles. The molecule has 21 heavy (non-hydrogen) atoms. The minimum absolute atomic E-state index is 0.0692. The summed E-state index contributed by atoms with van der Waals surface area (Å²) in [5.74, 6) is 0.700. The number of amides is 1. The van der Waals surface area contributed by atoms with Crippen molar-refractivity contribution in [3.63, 3.8) is 0 Å². The van der Waals surface area contributed by atoms with Gasteiger partial charge >= 0.3 is 0 Å². The Morgan fingerprint density at radius 1 is 1.57 bits per heavy atom. The van der Waals surface area contributed by atoms with E-state index in [1.54, 1.807) is 6.33 Å². The minimum Gasteiger partial charge on any atom is -0.375 e. The highest BCUT2D eigenvalue weighted by Crippen LogP contribution is 2.20. The average molecular weight is 308 g/mol. The van der Waals surface area contributed by atoms with E-state index in [1.165, 1.54) is 11.3 Å². The first kappa shape index (κ1) is 15.4. The third-order valence-corrected chi connectivity index (χ3v) is 4.09. The largest absolute Gasteiger partial charge is 0.375 e. The SMILES string of the molecule is CCCn1cnnc1[C@@H](C)NC(=O)Cc1sc(N)nc1C. The van der Waals surface area contributed by atoms with Crippen molar-refractivity contribution >= 4 is 22.4 Å². The maximum Gasteiger partial charge on any atom is 0.225 e. The molecule has 0 bridgehead atoms. The molecule has 2 heterocycles. The van der Waals surface area contributed by atoms with Crippen LogP contribution in [0, 0.1) is 6.92 Å². The van der Waals surface area contributed by atoms with Crippen LogP contribution < -0.4 is 11.1 Å². The lowest BCUT2D eigenvalue weighted by Gasteiger charge is -2.14. The first-order valence-electron chi connectivity index (χ1n) is 6.90. The summed E-state index contributed by atoms with van der Waals surface area (Å²) in [6, 6.07) is -0.183. The first-order valence-corrected chi connectivity index (χ1v) is 7.71. The Hall–Kier alpha value is -1.96. The second-order valence-electron chi connectivity index (χ2n) is 4.91. The summed E-state index contributed by atoms with van der Waals surface area (Å²) >= 11 is 1.35. The number of rotatable bonds is 6. The fraction of sp³-hybridized carbons (Fsp3) is 0.538. The Kier molecular flexibility index (Phi) is 4.89. The molecule has 0 spiro atoms. The van der Waals surface area contributed by atoms with Gasteiger partial charge in [-0.25, -0.2) is 4.98 Å². The number of anilines is 1. The lowest BCUT2D eigenvalue weighted by molar-refractivity contribution is -0.121. The van der Waals surface area contributed by atoms with Gasteiger partial charge in [-0.15, -0.1) is 21.5 Å². The molecule has 1 amide bonds. The lowest BCUT2D eigenvalue weighted by atomic mass is 10.2. The molecule has 0 radical (unpaired) electrons. The van der Waals surface area contributed by atoms with Crippen molar-refractivity contribution in [2.24, 2.45) is 0 Å². The molecule has 0 aliphatic heterocycles. The number of nitrogens with zero attached hydrogens (tertiary/aromatic N) is 4. The maximum absolute atomic E-state index is 12.1. The Labute approximate surface area is 127 Å². The van der Waals surface area contributed by atoms with Gasteiger partial charge in [-0.05, 0) is 20.3 Å². The van der Waals surface area contributed by atoms with E-state index in [0.717, 1.165) is 29.4 Å². The van der Waals surface area contributed by atoms with Crippen molar-refractivity contribution in [3.8, 4) is 0 Å². The van der Waals surface area contributed by atoms with Crippen LogP contribution in [0.15, 0.2) is 6.33 Å². The fourth-order valence-corrected chi connectivity index (χ4v) is 2.96. The Bertz CT molecular complexity index is 620. The monoisotopic (exact) mass is 308 g/mol. The quantitative estimate of drug-likeness (QED) is 0.841. The van der Waals surface area contributed by atoms with Crippen LogP contribution in [-0.4, -0.2) is 25.7 Å². The predicted octanol–water partition coefficient (Wildman–Crippen LogP) is 1.46. The first-order chi connectivity index (χ1) is 10.0. The van der Waals surface area contributed by atoms with Crippen molar-refractivity contribution in [1.29, 1.82) is 0 Å². The van der Waals surface area contributed by atoms with Crippen molar-refractivity contribution in [2.45, 2.75) is 46.2 Å². The Morgan fingerprint density at radius 3 is 2.95 bits per heavy atom. The fourth-order valence-electron chi connectivity index (χ4n) is 2.13. The van der Waals surface area contributed by atoms with E-state index in [2.05, 4.69) is 27.4 Å². The second kappa shape index (κ2) is 6.66. The van der Waals surface area contributed by atoms with E-state index < -0.39 is 0 Å². The highest BCUT2D eigenvalue weighted by Gasteiger charge is 2.17. The topological polar surface area (TPSA) is 98.7 Å². The number of hydrogen-bond donors (Lipinski definition) is 2. The van der Waals surface area contributed by atoms with Gasteiger partial charge < -0.3 is 15.6 Å². The number of aromatic nitrogens is 4. The van der Waals surface area contributed by atoms with Gasteiger partial charge in [-0.2, -0.15) is 0 Å². The second-order valence-corrected chi connectivity index (χ2v) is 6.02. The lowest BCUT2D eigenvalue weighted by Crippen LogP contribution is -2.30. The van der Waals surface area contributed by atoms with Crippen LogP contribution in [0.3, 0.4) is 0 Å². The summed E-state index contributed by atoms with van der Waals surface area (Å²) < 4.78 is 1.96. The van der Waals surface area contributed by atoms with Crippen LogP contribution in [0.2, 0.25) is 0 Å². The van der Waals surface area contributed by atoms with Gasteiger partial charge in [0.2, 0.25) is 5.91 Å². The third kappa shape index (κ3) is 3.78. The number of thiazole rings is 1. The third-order valence-electron chi connectivity index (χ3n) is 3.11. The summed E-state index contributed by atoms with van der Waals surface area (Å²) in [6.45, 7) is 6.69. The van der Waals surface area contributed by atoms with Crippen LogP contribution in [0.5, 0.6) is 0 Å². The molecule has 114 valence electrons. The van der Waals surface area contributed by atoms with E-state index >= 15 is 0 Å². The number of hydrogen-bond acceptors (Lipinski definition) is 6. The van der Waals surface area contributed by atoms with Gasteiger partial charge in [0.1, 0.15) is 6.33 Å². The van der Waals surface area contributed by atoms with Gasteiger partial charge in [0.05, 0.1) is 18.2 Å². The standard InChI is InChI=1S/C13H20N6OS/c1-4-5-19-7-15-18-12(19)9(3)16-11(20)6-10-8(2)17-13(14)21-10/h7,9H,4-6H2,1-3H3,(H2,14,17)(H,16,20)/t9-/m1/s1. The number of nitrogens with two attached hydrogens (primary N) is 1. The van der Waals surface area contributed by atoms with E-state index in [1.807, 2.05) is 18.4 Å². The average Bonchev–Trinajstić information content (AvgIpc) is 2.97. The predicted molar refractivity (Wildman–Crippen MR) is 81.8 cm³/mol. The molecule has 0 aliphatic rings. The van der Waals surface area contributed by atoms with Gasteiger partial charge in [0.25, 0.3) is 0 Å². The van der Waals surface area contributed by atoms with Gasteiger partial charge in [0, 0.05) is 11.4 Å². The summed E-state index contributed by atoms with van der Waals surface area (Å²) in [4.78, 5) is 17.1. The molecule has 2 aromatic rings. The van der Waals surface area contributed by atoms with E-state index in [4.69, 9.17) is 5.73 Å². The summed E-state index contributed by atoms with van der Waals surface area (Å²) in [6.07, 6.45) is 2.97. The zero-order valence-electron chi connectivity index (χ0n) is 12.5. The van der Waals surface area contributed by atoms with E-state index in [9.17, 15) is 4.79 Å². The zero-order chi connectivity index (χ0) is 15.4. The van der Waals surface area contributed by atoms with Crippen LogP contribution in [0.4, 0.5) is 5.13 Å². The molecular weight excluding hydrogens is 288 g/mol. The molecule has 2 aromatic heterocycles. The van der Waals surface area contributed by atoms with Gasteiger partial charge in [-0.1, -0.05) is 6.92 Å². The van der Waals surface area contributed by atoms with Crippen LogP contribution >= 0.6 is 11.3 Å². The molecule has 1 atom stereocenters. The summed E-state index contributed by atoms with van der Waals surface area (Å²) in [5, 5.41) is 11.4. The molecule has 0 fully saturated rings.